The molecule has 0 radical (unpaired) electrons. The Morgan fingerprint density at radius 2 is 1.84 bits per heavy atom. The van der Waals surface area contributed by atoms with Gasteiger partial charge in [-0.25, -0.2) is 0 Å². The first-order valence-corrected chi connectivity index (χ1v) is 11.7. The number of amides is 2. The molecule has 4 nitrogen and oxygen atoms in total. The summed E-state index contributed by atoms with van der Waals surface area (Å²) < 4.78 is 0. The molecule has 5 heteroatoms. The standard InChI is InChI=1S/C26H31ClN2O2/c1-26(2)17-23(30)28-25-21(26)14-20(15-22(25)27)19(13-18-9-5-3-6-10-18)16-24(31)29-11-7-4-8-12-29/h3,5-6,9-10,14-15,19H,4,7-8,11-13,16-17H2,1-2H3,(H,28,30)/t19-/m1/s1. The van der Waals surface area contributed by atoms with Gasteiger partial charge in [-0.1, -0.05) is 61.8 Å². The fourth-order valence-corrected chi connectivity index (χ4v) is 5.17. The Kier molecular flexibility index (Phi) is 6.38. The van der Waals surface area contributed by atoms with E-state index in [-0.39, 0.29) is 23.1 Å². The van der Waals surface area contributed by atoms with Gasteiger partial charge in [-0.3, -0.25) is 9.59 Å². The molecule has 4 rings (SSSR count). The Balaban J connectivity index is 1.68. The highest BCUT2D eigenvalue weighted by Crippen LogP contribution is 2.43. The van der Waals surface area contributed by atoms with Gasteiger partial charge in [0.1, 0.15) is 0 Å². The molecule has 1 atom stereocenters. The van der Waals surface area contributed by atoms with E-state index in [0.717, 1.165) is 43.5 Å². The van der Waals surface area contributed by atoms with E-state index in [2.05, 4.69) is 37.4 Å². The van der Waals surface area contributed by atoms with Crippen LogP contribution in [0.5, 0.6) is 0 Å². The molecule has 2 aliphatic heterocycles. The molecule has 2 aromatic carbocycles. The van der Waals surface area contributed by atoms with E-state index < -0.39 is 0 Å². The summed E-state index contributed by atoms with van der Waals surface area (Å²) in [7, 11) is 0. The van der Waals surface area contributed by atoms with Crippen molar-refractivity contribution in [3.05, 3.63) is 64.2 Å². The lowest BCUT2D eigenvalue weighted by atomic mass is 9.76. The number of halogens is 1. The van der Waals surface area contributed by atoms with Crippen molar-refractivity contribution in [3.8, 4) is 0 Å². The molecule has 0 aliphatic carbocycles. The molecule has 1 fully saturated rings. The summed E-state index contributed by atoms with van der Waals surface area (Å²) in [5.41, 5.74) is 3.75. The molecule has 2 amide bonds. The minimum Gasteiger partial charge on any atom is -0.343 e. The Bertz CT molecular complexity index is 965. The normalized spacial score (nSPS) is 18.8. The van der Waals surface area contributed by atoms with Crippen LogP contribution in [0, 0.1) is 0 Å². The second kappa shape index (κ2) is 9.04. The van der Waals surface area contributed by atoms with Gasteiger partial charge in [0.15, 0.2) is 0 Å². The number of nitrogens with one attached hydrogen (secondary N) is 1. The number of rotatable bonds is 5. The maximum Gasteiger partial charge on any atom is 0.225 e. The first-order valence-electron chi connectivity index (χ1n) is 11.3. The summed E-state index contributed by atoms with van der Waals surface area (Å²) in [5.74, 6) is 0.253. The van der Waals surface area contributed by atoms with E-state index in [1.165, 1.54) is 12.0 Å². The monoisotopic (exact) mass is 438 g/mol. The summed E-state index contributed by atoms with van der Waals surface area (Å²) in [6, 6.07) is 14.4. The molecule has 1 saturated heterocycles. The van der Waals surface area contributed by atoms with Gasteiger partial charge >= 0.3 is 0 Å². The van der Waals surface area contributed by atoms with E-state index in [4.69, 9.17) is 11.6 Å². The highest BCUT2D eigenvalue weighted by molar-refractivity contribution is 6.34. The lowest BCUT2D eigenvalue weighted by molar-refractivity contribution is -0.132. The lowest BCUT2D eigenvalue weighted by Crippen LogP contribution is -2.36. The summed E-state index contributed by atoms with van der Waals surface area (Å²) in [6.45, 7) is 5.88. The van der Waals surface area contributed by atoms with Crippen molar-refractivity contribution >= 4 is 29.1 Å². The Morgan fingerprint density at radius 3 is 2.55 bits per heavy atom. The molecular formula is C26H31ClN2O2. The minimum absolute atomic E-state index is 0.00624. The number of fused-ring (bicyclic) bond motifs is 1. The van der Waals surface area contributed by atoms with Crippen LogP contribution in [0.4, 0.5) is 5.69 Å². The van der Waals surface area contributed by atoms with Crippen LogP contribution in [-0.2, 0) is 21.4 Å². The van der Waals surface area contributed by atoms with E-state index in [1.807, 2.05) is 29.2 Å². The van der Waals surface area contributed by atoms with E-state index >= 15 is 0 Å². The van der Waals surface area contributed by atoms with Gasteiger partial charge < -0.3 is 10.2 Å². The third-order valence-corrected chi connectivity index (χ3v) is 6.93. The third kappa shape index (κ3) is 4.95. The first-order chi connectivity index (χ1) is 14.8. The molecule has 2 aromatic rings. The fourth-order valence-electron chi connectivity index (χ4n) is 4.89. The Morgan fingerprint density at radius 1 is 1.13 bits per heavy atom. The molecule has 1 N–H and O–H groups in total. The molecular weight excluding hydrogens is 408 g/mol. The molecule has 0 bridgehead atoms. The molecule has 0 saturated carbocycles. The maximum absolute atomic E-state index is 13.2. The van der Waals surface area contributed by atoms with Gasteiger partial charge in [-0.05, 0) is 54.4 Å². The number of hydrogen-bond acceptors (Lipinski definition) is 2. The molecule has 0 spiro atoms. The van der Waals surface area contributed by atoms with Crippen LogP contribution >= 0.6 is 11.6 Å². The average Bonchev–Trinajstić information content (AvgIpc) is 2.74. The zero-order chi connectivity index (χ0) is 22.0. The second-order valence-corrected chi connectivity index (χ2v) is 9.97. The number of anilines is 1. The number of nitrogens with zero attached hydrogens (tertiary/aromatic N) is 1. The van der Waals surface area contributed by atoms with Gasteiger partial charge in [0, 0.05) is 31.3 Å². The SMILES string of the molecule is CC1(C)CC(=O)Nc2c(Cl)cc([C@@H](CC(=O)N3CCCCC3)Cc3ccccc3)cc21. The number of benzene rings is 2. The summed E-state index contributed by atoms with van der Waals surface area (Å²) in [6.07, 6.45) is 5.06. The number of carbonyl (C=O) groups is 2. The highest BCUT2D eigenvalue weighted by Gasteiger charge is 2.34. The number of piperidine rings is 1. The summed E-state index contributed by atoms with van der Waals surface area (Å²) in [4.78, 5) is 27.3. The van der Waals surface area contributed by atoms with Crippen molar-refractivity contribution in [3.63, 3.8) is 0 Å². The summed E-state index contributed by atoms with van der Waals surface area (Å²) >= 11 is 6.66. The minimum atomic E-state index is -0.300. The quantitative estimate of drug-likeness (QED) is 0.651. The van der Waals surface area contributed by atoms with Gasteiger partial charge in [0.25, 0.3) is 0 Å². The van der Waals surface area contributed by atoms with E-state index in [9.17, 15) is 9.59 Å². The first kappa shape index (κ1) is 21.9. The van der Waals surface area contributed by atoms with Crippen molar-refractivity contribution in [2.45, 2.75) is 63.7 Å². The van der Waals surface area contributed by atoms with Crippen molar-refractivity contribution in [1.29, 1.82) is 0 Å². The van der Waals surface area contributed by atoms with Crippen molar-refractivity contribution < 1.29 is 9.59 Å². The number of hydrogen-bond donors (Lipinski definition) is 1. The molecule has 2 heterocycles. The lowest BCUT2D eigenvalue weighted by Gasteiger charge is -2.34. The largest absolute Gasteiger partial charge is 0.343 e. The smallest absolute Gasteiger partial charge is 0.225 e. The highest BCUT2D eigenvalue weighted by atomic mass is 35.5. The van der Waals surface area contributed by atoms with E-state index in [0.29, 0.717) is 23.6 Å². The number of carbonyl (C=O) groups excluding carboxylic acids is 2. The summed E-state index contributed by atoms with van der Waals surface area (Å²) in [5, 5.41) is 3.50. The third-order valence-electron chi connectivity index (χ3n) is 6.63. The molecule has 164 valence electrons. The van der Waals surface area contributed by atoms with Crippen LogP contribution in [-0.4, -0.2) is 29.8 Å². The zero-order valence-electron chi connectivity index (χ0n) is 18.4. The number of likely N-dealkylation sites (tertiary alicyclic amines) is 1. The predicted molar refractivity (Wildman–Crippen MR) is 126 cm³/mol. The molecule has 31 heavy (non-hydrogen) atoms. The van der Waals surface area contributed by atoms with Gasteiger partial charge in [0.2, 0.25) is 11.8 Å². The van der Waals surface area contributed by atoms with Crippen LogP contribution in [0.25, 0.3) is 0 Å². The molecule has 2 aliphatic rings. The van der Waals surface area contributed by atoms with Crippen molar-refractivity contribution in [1.82, 2.24) is 4.90 Å². The topological polar surface area (TPSA) is 49.4 Å². The van der Waals surface area contributed by atoms with E-state index in [1.54, 1.807) is 0 Å². The van der Waals surface area contributed by atoms with Crippen molar-refractivity contribution in [2.24, 2.45) is 0 Å². The van der Waals surface area contributed by atoms with Crippen LogP contribution in [0.1, 0.15) is 68.6 Å². The predicted octanol–water partition coefficient (Wildman–Crippen LogP) is 5.69. The zero-order valence-corrected chi connectivity index (χ0v) is 19.2. The Hall–Kier alpha value is -2.33. The van der Waals surface area contributed by atoms with Crippen molar-refractivity contribution in [2.75, 3.05) is 18.4 Å². The fraction of sp³-hybridized carbons (Fsp3) is 0.462. The molecule has 0 aromatic heterocycles. The maximum atomic E-state index is 13.2. The Labute approximate surface area is 190 Å². The van der Waals surface area contributed by atoms with Crippen LogP contribution in [0.2, 0.25) is 5.02 Å². The van der Waals surface area contributed by atoms with Gasteiger partial charge in [-0.2, -0.15) is 0 Å². The second-order valence-electron chi connectivity index (χ2n) is 9.57. The van der Waals surface area contributed by atoms with Crippen LogP contribution in [0.15, 0.2) is 42.5 Å². The van der Waals surface area contributed by atoms with Crippen LogP contribution in [0.3, 0.4) is 0 Å². The van der Waals surface area contributed by atoms with Gasteiger partial charge in [-0.15, -0.1) is 0 Å². The average molecular weight is 439 g/mol. The van der Waals surface area contributed by atoms with Crippen LogP contribution < -0.4 is 5.32 Å². The van der Waals surface area contributed by atoms with Gasteiger partial charge in [0.05, 0.1) is 10.7 Å². The molecule has 0 unspecified atom stereocenters.